The third kappa shape index (κ3) is 3.82. The molecule has 1 amide bonds. The molecule has 144 valence electrons. The van der Waals surface area contributed by atoms with Gasteiger partial charge in [-0.2, -0.15) is 0 Å². The number of morpholine rings is 1. The van der Waals surface area contributed by atoms with Gasteiger partial charge in [-0.15, -0.1) is 0 Å². The third-order valence-electron chi connectivity index (χ3n) is 4.91. The highest BCUT2D eigenvalue weighted by molar-refractivity contribution is 6.07. The summed E-state index contributed by atoms with van der Waals surface area (Å²) in [6, 6.07) is 15.5. The summed E-state index contributed by atoms with van der Waals surface area (Å²) in [5.41, 5.74) is 3.81. The number of benzene rings is 2. The van der Waals surface area contributed by atoms with Gasteiger partial charge in [-0.3, -0.25) is 4.79 Å². The Bertz CT molecular complexity index is 979. The Kier molecular flexibility index (Phi) is 5.21. The lowest BCUT2D eigenvalue weighted by Gasteiger charge is -2.29. The number of hydrogen-bond donors (Lipinski definition) is 1. The van der Waals surface area contributed by atoms with E-state index < -0.39 is 0 Å². The van der Waals surface area contributed by atoms with Gasteiger partial charge in [-0.1, -0.05) is 38.1 Å². The summed E-state index contributed by atoms with van der Waals surface area (Å²) < 4.78 is 5.44. The Morgan fingerprint density at radius 2 is 1.64 bits per heavy atom. The molecule has 0 bridgehead atoms. The van der Waals surface area contributed by atoms with Gasteiger partial charge in [0.1, 0.15) is 0 Å². The summed E-state index contributed by atoms with van der Waals surface area (Å²) in [4.78, 5) is 24.5. The molecular weight excluding hydrogens is 352 g/mol. The van der Waals surface area contributed by atoms with E-state index in [1.807, 2.05) is 48.5 Å². The molecule has 2 aromatic carbocycles. The highest BCUT2D eigenvalue weighted by Crippen LogP contribution is 2.23. The zero-order valence-corrected chi connectivity index (χ0v) is 16.2. The van der Waals surface area contributed by atoms with E-state index in [9.17, 15) is 4.79 Å². The fraction of sp³-hybridized carbons (Fsp3) is 0.318. The van der Waals surface area contributed by atoms with Crippen molar-refractivity contribution in [3.05, 3.63) is 59.8 Å². The SMILES string of the molecule is CC(C)c1ccc(NC(=O)c2nc3ccccc3nc2N2CCOCC2)cc1. The van der Waals surface area contributed by atoms with E-state index in [-0.39, 0.29) is 5.91 Å². The number of anilines is 2. The van der Waals surface area contributed by atoms with Gasteiger partial charge in [0.15, 0.2) is 11.5 Å². The molecule has 6 heteroatoms. The average Bonchev–Trinajstić information content (AvgIpc) is 2.73. The van der Waals surface area contributed by atoms with Crippen LogP contribution in [0.25, 0.3) is 11.0 Å². The summed E-state index contributed by atoms with van der Waals surface area (Å²) in [7, 11) is 0. The largest absolute Gasteiger partial charge is 0.378 e. The fourth-order valence-corrected chi connectivity index (χ4v) is 3.28. The topological polar surface area (TPSA) is 67.4 Å². The number of fused-ring (bicyclic) bond motifs is 1. The van der Waals surface area contributed by atoms with E-state index in [1.165, 1.54) is 5.56 Å². The molecule has 1 aliphatic heterocycles. The second-order valence-electron chi connectivity index (χ2n) is 7.21. The molecule has 4 rings (SSSR count). The molecule has 0 aliphatic carbocycles. The molecule has 0 spiro atoms. The summed E-state index contributed by atoms with van der Waals surface area (Å²) in [5.74, 6) is 0.805. The van der Waals surface area contributed by atoms with Crippen LogP contribution in [-0.4, -0.2) is 42.2 Å². The highest BCUT2D eigenvalue weighted by atomic mass is 16.5. The predicted molar refractivity (Wildman–Crippen MR) is 111 cm³/mol. The Hall–Kier alpha value is -2.99. The zero-order chi connectivity index (χ0) is 19.5. The first-order valence-electron chi connectivity index (χ1n) is 9.62. The maximum absolute atomic E-state index is 13.1. The summed E-state index contributed by atoms with van der Waals surface area (Å²) in [5, 5.41) is 2.97. The normalized spacial score (nSPS) is 14.5. The van der Waals surface area contributed by atoms with Gasteiger partial charge >= 0.3 is 0 Å². The standard InChI is InChI=1S/C22H24N4O2/c1-15(2)16-7-9-17(10-8-16)23-22(27)20-21(26-11-13-28-14-12-26)25-19-6-4-3-5-18(19)24-20/h3-10,15H,11-14H2,1-2H3,(H,23,27). The number of carbonyl (C=O) groups is 1. The van der Waals surface area contributed by atoms with E-state index in [0.29, 0.717) is 49.2 Å². The van der Waals surface area contributed by atoms with E-state index in [1.54, 1.807) is 0 Å². The molecule has 0 radical (unpaired) electrons. The van der Waals surface area contributed by atoms with Crippen LogP contribution >= 0.6 is 0 Å². The van der Waals surface area contributed by atoms with Crippen molar-refractivity contribution in [2.75, 3.05) is 36.5 Å². The molecule has 0 unspecified atom stereocenters. The van der Waals surface area contributed by atoms with Gasteiger partial charge in [0.05, 0.1) is 24.2 Å². The maximum Gasteiger partial charge on any atom is 0.278 e. The number of aromatic nitrogens is 2. The Morgan fingerprint density at radius 1 is 1.00 bits per heavy atom. The van der Waals surface area contributed by atoms with Crippen LogP contribution in [0, 0.1) is 0 Å². The quantitative estimate of drug-likeness (QED) is 0.749. The lowest BCUT2D eigenvalue weighted by molar-refractivity contribution is 0.102. The summed E-state index contributed by atoms with van der Waals surface area (Å²) in [6.45, 7) is 6.91. The van der Waals surface area contributed by atoms with Crippen molar-refractivity contribution in [2.24, 2.45) is 0 Å². The summed E-state index contributed by atoms with van der Waals surface area (Å²) >= 11 is 0. The number of carbonyl (C=O) groups excluding carboxylic acids is 1. The van der Waals surface area contributed by atoms with Gasteiger partial charge in [-0.05, 0) is 35.7 Å². The molecule has 28 heavy (non-hydrogen) atoms. The van der Waals surface area contributed by atoms with Crippen LogP contribution in [-0.2, 0) is 4.74 Å². The minimum atomic E-state index is -0.253. The van der Waals surface area contributed by atoms with Crippen LogP contribution in [0.15, 0.2) is 48.5 Å². The van der Waals surface area contributed by atoms with Crippen LogP contribution in [0.3, 0.4) is 0 Å². The van der Waals surface area contributed by atoms with Crippen molar-refractivity contribution >= 4 is 28.4 Å². The number of hydrogen-bond acceptors (Lipinski definition) is 5. The minimum Gasteiger partial charge on any atom is -0.378 e. The lowest BCUT2D eigenvalue weighted by atomic mass is 10.0. The highest BCUT2D eigenvalue weighted by Gasteiger charge is 2.23. The van der Waals surface area contributed by atoms with Crippen molar-refractivity contribution < 1.29 is 9.53 Å². The first-order chi connectivity index (χ1) is 13.6. The fourth-order valence-electron chi connectivity index (χ4n) is 3.28. The minimum absolute atomic E-state index is 0.253. The van der Waals surface area contributed by atoms with E-state index in [2.05, 4.69) is 29.0 Å². The number of ether oxygens (including phenoxy) is 1. The molecule has 3 aromatic rings. The molecule has 1 aliphatic rings. The van der Waals surface area contributed by atoms with Crippen LogP contribution in [0.1, 0.15) is 35.8 Å². The number of rotatable bonds is 4. The molecular formula is C22H24N4O2. The van der Waals surface area contributed by atoms with Crippen LogP contribution in [0.5, 0.6) is 0 Å². The van der Waals surface area contributed by atoms with Crippen molar-refractivity contribution in [1.29, 1.82) is 0 Å². The van der Waals surface area contributed by atoms with Crippen molar-refractivity contribution in [3.63, 3.8) is 0 Å². The first-order valence-corrected chi connectivity index (χ1v) is 9.62. The number of amides is 1. The molecule has 1 fully saturated rings. The Morgan fingerprint density at radius 3 is 2.29 bits per heavy atom. The Labute approximate surface area is 164 Å². The molecule has 0 saturated carbocycles. The smallest absolute Gasteiger partial charge is 0.278 e. The maximum atomic E-state index is 13.1. The molecule has 0 atom stereocenters. The first kappa shape index (κ1) is 18.4. The number of nitrogens with one attached hydrogen (secondary N) is 1. The number of para-hydroxylation sites is 2. The molecule has 2 heterocycles. The average molecular weight is 376 g/mol. The van der Waals surface area contributed by atoms with Crippen LogP contribution in [0.4, 0.5) is 11.5 Å². The Balaban J connectivity index is 1.67. The third-order valence-corrected chi connectivity index (χ3v) is 4.91. The zero-order valence-electron chi connectivity index (χ0n) is 16.2. The summed E-state index contributed by atoms with van der Waals surface area (Å²) in [6.07, 6.45) is 0. The lowest BCUT2D eigenvalue weighted by Crippen LogP contribution is -2.38. The molecule has 6 nitrogen and oxygen atoms in total. The van der Waals surface area contributed by atoms with E-state index in [4.69, 9.17) is 9.72 Å². The molecule has 1 N–H and O–H groups in total. The van der Waals surface area contributed by atoms with Crippen molar-refractivity contribution in [3.8, 4) is 0 Å². The van der Waals surface area contributed by atoms with Gasteiger partial charge in [-0.25, -0.2) is 9.97 Å². The van der Waals surface area contributed by atoms with Crippen LogP contribution < -0.4 is 10.2 Å². The molecule has 1 saturated heterocycles. The van der Waals surface area contributed by atoms with Gasteiger partial charge < -0.3 is 15.0 Å². The molecule has 1 aromatic heterocycles. The second-order valence-corrected chi connectivity index (χ2v) is 7.21. The van der Waals surface area contributed by atoms with Gasteiger partial charge in [0.2, 0.25) is 0 Å². The van der Waals surface area contributed by atoms with Gasteiger partial charge in [0.25, 0.3) is 5.91 Å². The second kappa shape index (κ2) is 7.94. The number of nitrogens with zero attached hydrogens (tertiary/aromatic N) is 3. The van der Waals surface area contributed by atoms with Crippen molar-refractivity contribution in [1.82, 2.24) is 9.97 Å². The van der Waals surface area contributed by atoms with Crippen molar-refractivity contribution in [2.45, 2.75) is 19.8 Å². The predicted octanol–water partition coefficient (Wildman–Crippen LogP) is 3.84. The van der Waals surface area contributed by atoms with Gasteiger partial charge in [0, 0.05) is 18.8 Å². The van der Waals surface area contributed by atoms with E-state index in [0.717, 1.165) is 11.2 Å². The van der Waals surface area contributed by atoms with Crippen LogP contribution in [0.2, 0.25) is 0 Å². The van der Waals surface area contributed by atoms with E-state index >= 15 is 0 Å². The monoisotopic (exact) mass is 376 g/mol.